The Morgan fingerprint density at radius 3 is 2.72 bits per heavy atom. The number of rotatable bonds is 3. The summed E-state index contributed by atoms with van der Waals surface area (Å²) in [7, 11) is 1.80. The van der Waals surface area contributed by atoms with E-state index in [-0.39, 0.29) is 12.4 Å². The van der Waals surface area contributed by atoms with Crippen LogP contribution in [0.25, 0.3) is 0 Å². The molecule has 0 fully saturated rings. The van der Waals surface area contributed by atoms with E-state index in [0.29, 0.717) is 17.0 Å². The van der Waals surface area contributed by atoms with E-state index in [1.165, 1.54) is 12.3 Å². The van der Waals surface area contributed by atoms with Gasteiger partial charge in [-0.1, -0.05) is 0 Å². The summed E-state index contributed by atoms with van der Waals surface area (Å²) in [6.07, 6.45) is 1.47. The third kappa shape index (κ3) is 2.06. The van der Waals surface area contributed by atoms with Gasteiger partial charge in [0.15, 0.2) is 11.6 Å². The molecule has 0 atom stereocenters. The Morgan fingerprint density at radius 2 is 2.17 bits per heavy atom. The van der Waals surface area contributed by atoms with Crippen LogP contribution in [0.5, 0.6) is 11.6 Å². The van der Waals surface area contributed by atoms with Gasteiger partial charge >= 0.3 is 0 Å². The van der Waals surface area contributed by atoms with Crippen LogP contribution in [0.2, 0.25) is 0 Å². The highest BCUT2D eigenvalue weighted by molar-refractivity contribution is 5.36. The molecule has 5 nitrogen and oxygen atoms in total. The third-order valence-electron chi connectivity index (χ3n) is 2.80. The molecule has 2 aromatic heterocycles. The minimum atomic E-state index is -0.525. The van der Waals surface area contributed by atoms with E-state index >= 15 is 0 Å². The van der Waals surface area contributed by atoms with Crippen molar-refractivity contribution in [3.63, 3.8) is 0 Å². The van der Waals surface area contributed by atoms with E-state index < -0.39 is 5.82 Å². The molecule has 0 aromatic carbocycles. The standard InChI is InChI=1S/C12H15FN4O/c1-7-11(8(2)17(3)16-7)18-12-10(13)9(6-14)4-5-15-12/h4-5H,6,14H2,1-3H3. The Morgan fingerprint density at radius 1 is 1.44 bits per heavy atom. The number of nitrogens with two attached hydrogens (primary N) is 1. The van der Waals surface area contributed by atoms with Gasteiger partial charge < -0.3 is 10.5 Å². The summed E-state index contributed by atoms with van der Waals surface area (Å²) in [4.78, 5) is 3.88. The lowest BCUT2D eigenvalue weighted by molar-refractivity contribution is 0.413. The molecule has 0 radical (unpaired) electrons. The van der Waals surface area contributed by atoms with Gasteiger partial charge in [0.05, 0.1) is 5.69 Å². The van der Waals surface area contributed by atoms with Crippen molar-refractivity contribution in [2.75, 3.05) is 0 Å². The van der Waals surface area contributed by atoms with E-state index in [2.05, 4.69) is 10.1 Å². The van der Waals surface area contributed by atoms with E-state index in [9.17, 15) is 4.39 Å². The van der Waals surface area contributed by atoms with Gasteiger partial charge in [-0.05, 0) is 19.9 Å². The lowest BCUT2D eigenvalue weighted by Crippen LogP contribution is -2.03. The highest BCUT2D eigenvalue weighted by atomic mass is 19.1. The Hall–Kier alpha value is -1.95. The summed E-state index contributed by atoms with van der Waals surface area (Å²) >= 11 is 0. The first-order valence-electron chi connectivity index (χ1n) is 5.56. The molecule has 96 valence electrons. The van der Waals surface area contributed by atoms with Crippen LogP contribution < -0.4 is 10.5 Å². The average molecular weight is 250 g/mol. The van der Waals surface area contributed by atoms with Crippen molar-refractivity contribution < 1.29 is 9.13 Å². The number of pyridine rings is 1. The molecule has 0 amide bonds. The molecule has 2 aromatic rings. The second kappa shape index (κ2) is 4.73. The number of hydrogen-bond acceptors (Lipinski definition) is 4. The zero-order valence-corrected chi connectivity index (χ0v) is 10.6. The Labute approximate surface area is 104 Å². The molecule has 0 bridgehead atoms. The van der Waals surface area contributed by atoms with Gasteiger partial charge in [-0.15, -0.1) is 0 Å². The maximum absolute atomic E-state index is 13.9. The van der Waals surface area contributed by atoms with Crippen LogP contribution in [-0.4, -0.2) is 14.8 Å². The van der Waals surface area contributed by atoms with E-state index in [1.54, 1.807) is 18.7 Å². The van der Waals surface area contributed by atoms with Crippen LogP contribution in [-0.2, 0) is 13.6 Å². The fourth-order valence-corrected chi connectivity index (χ4v) is 1.69. The van der Waals surface area contributed by atoms with Gasteiger partial charge in [0.2, 0.25) is 0 Å². The molecule has 0 unspecified atom stereocenters. The summed E-state index contributed by atoms with van der Waals surface area (Å²) in [5.74, 6) is -0.0714. The number of nitrogens with zero attached hydrogens (tertiary/aromatic N) is 3. The van der Waals surface area contributed by atoms with Gasteiger partial charge in [-0.3, -0.25) is 4.68 Å². The highest BCUT2D eigenvalue weighted by Crippen LogP contribution is 2.29. The van der Waals surface area contributed by atoms with Crippen LogP contribution in [0.15, 0.2) is 12.3 Å². The topological polar surface area (TPSA) is 66.0 Å². The highest BCUT2D eigenvalue weighted by Gasteiger charge is 2.16. The zero-order chi connectivity index (χ0) is 13.3. The fraction of sp³-hybridized carbons (Fsp3) is 0.333. The molecular weight excluding hydrogens is 235 g/mol. The molecule has 2 heterocycles. The molecule has 6 heteroatoms. The summed E-state index contributed by atoms with van der Waals surface area (Å²) in [6, 6.07) is 1.53. The molecule has 2 N–H and O–H groups in total. The minimum absolute atomic E-state index is 0.0721. The summed E-state index contributed by atoms with van der Waals surface area (Å²) in [6.45, 7) is 3.75. The van der Waals surface area contributed by atoms with Crippen molar-refractivity contribution in [1.29, 1.82) is 0 Å². The van der Waals surface area contributed by atoms with Crippen molar-refractivity contribution in [3.8, 4) is 11.6 Å². The summed E-state index contributed by atoms with van der Waals surface area (Å²) in [5.41, 5.74) is 7.31. The first kappa shape index (κ1) is 12.5. The minimum Gasteiger partial charge on any atom is -0.433 e. The van der Waals surface area contributed by atoms with Gasteiger partial charge in [0.25, 0.3) is 5.88 Å². The first-order valence-corrected chi connectivity index (χ1v) is 5.56. The van der Waals surface area contributed by atoms with Crippen molar-refractivity contribution in [2.24, 2.45) is 12.8 Å². The number of ether oxygens (including phenoxy) is 1. The van der Waals surface area contributed by atoms with Crippen LogP contribution in [0, 0.1) is 19.7 Å². The molecular formula is C12H15FN4O. The van der Waals surface area contributed by atoms with Gasteiger partial charge in [0.1, 0.15) is 5.69 Å². The second-order valence-corrected chi connectivity index (χ2v) is 4.02. The lowest BCUT2D eigenvalue weighted by Gasteiger charge is -2.07. The van der Waals surface area contributed by atoms with Crippen LogP contribution in [0.1, 0.15) is 17.0 Å². The lowest BCUT2D eigenvalue weighted by atomic mass is 10.2. The molecule has 0 saturated heterocycles. The number of hydrogen-bond donors (Lipinski definition) is 1. The normalized spacial score (nSPS) is 10.7. The molecule has 0 aliphatic heterocycles. The van der Waals surface area contributed by atoms with E-state index in [1.807, 2.05) is 6.92 Å². The van der Waals surface area contributed by atoms with Crippen molar-refractivity contribution in [2.45, 2.75) is 20.4 Å². The molecule has 0 spiro atoms. The maximum Gasteiger partial charge on any atom is 0.256 e. The largest absolute Gasteiger partial charge is 0.433 e. The Balaban J connectivity index is 2.40. The number of aryl methyl sites for hydroxylation is 2. The van der Waals surface area contributed by atoms with E-state index in [0.717, 1.165) is 5.69 Å². The van der Waals surface area contributed by atoms with Crippen LogP contribution >= 0.6 is 0 Å². The average Bonchev–Trinajstić information content (AvgIpc) is 2.58. The molecule has 0 saturated carbocycles. The van der Waals surface area contributed by atoms with Crippen LogP contribution in [0.4, 0.5) is 4.39 Å². The Bertz CT molecular complexity index is 580. The molecule has 0 aliphatic rings. The summed E-state index contributed by atoms with van der Waals surface area (Å²) in [5, 5.41) is 4.20. The maximum atomic E-state index is 13.9. The number of halogens is 1. The molecule has 18 heavy (non-hydrogen) atoms. The van der Waals surface area contributed by atoms with Crippen LogP contribution in [0.3, 0.4) is 0 Å². The quantitative estimate of drug-likeness (QED) is 0.902. The van der Waals surface area contributed by atoms with Gasteiger partial charge in [-0.2, -0.15) is 5.10 Å². The Kier molecular flexibility index (Phi) is 3.29. The third-order valence-corrected chi connectivity index (χ3v) is 2.80. The van der Waals surface area contributed by atoms with Crippen molar-refractivity contribution in [1.82, 2.24) is 14.8 Å². The predicted octanol–water partition coefficient (Wildman–Crippen LogP) is 1.82. The SMILES string of the molecule is Cc1nn(C)c(C)c1Oc1nccc(CN)c1F. The summed E-state index contributed by atoms with van der Waals surface area (Å²) < 4.78 is 21.1. The fourth-order valence-electron chi connectivity index (χ4n) is 1.69. The van der Waals surface area contributed by atoms with Gasteiger partial charge in [0, 0.05) is 25.4 Å². The van der Waals surface area contributed by atoms with Crippen molar-refractivity contribution >= 4 is 0 Å². The van der Waals surface area contributed by atoms with E-state index in [4.69, 9.17) is 10.5 Å². The van der Waals surface area contributed by atoms with Gasteiger partial charge in [-0.25, -0.2) is 9.37 Å². The second-order valence-electron chi connectivity index (χ2n) is 4.02. The number of aromatic nitrogens is 3. The first-order chi connectivity index (χ1) is 8.54. The molecule has 0 aliphatic carbocycles. The zero-order valence-electron chi connectivity index (χ0n) is 10.6. The molecule has 2 rings (SSSR count). The monoisotopic (exact) mass is 250 g/mol. The predicted molar refractivity (Wildman–Crippen MR) is 64.8 cm³/mol. The van der Waals surface area contributed by atoms with Crippen molar-refractivity contribution in [3.05, 3.63) is 35.0 Å². The smallest absolute Gasteiger partial charge is 0.256 e.